The number of halogens is 1. The molecule has 0 saturated heterocycles. The third-order valence-corrected chi connectivity index (χ3v) is 5.45. The fraction of sp³-hybridized carbons (Fsp3) is 0.130. The highest BCUT2D eigenvalue weighted by Crippen LogP contribution is 2.35. The van der Waals surface area contributed by atoms with Crippen molar-refractivity contribution < 1.29 is 14.7 Å². The molecule has 1 aliphatic rings. The van der Waals surface area contributed by atoms with Gasteiger partial charge in [0.1, 0.15) is 0 Å². The lowest BCUT2D eigenvalue weighted by atomic mass is 9.97. The third kappa shape index (κ3) is 3.16. The van der Waals surface area contributed by atoms with Gasteiger partial charge in [0.15, 0.2) is 0 Å². The number of carbonyl (C=O) groups excluding carboxylic acids is 1. The predicted molar refractivity (Wildman–Crippen MR) is 110 cm³/mol. The smallest absolute Gasteiger partial charge is 0.310 e. The summed E-state index contributed by atoms with van der Waals surface area (Å²) in [5, 5.41) is 9.83. The van der Waals surface area contributed by atoms with Crippen LogP contribution in [0.5, 0.6) is 0 Å². The van der Waals surface area contributed by atoms with Crippen molar-refractivity contribution in [3.63, 3.8) is 0 Å². The average Bonchev–Trinajstić information content (AvgIpc) is 3.05. The number of amides is 1. The fourth-order valence-corrected chi connectivity index (χ4v) is 3.65. The molecule has 0 saturated carbocycles. The summed E-state index contributed by atoms with van der Waals surface area (Å²) >= 11 is 6.00. The van der Waals surface area contributed by atoms with Crippen LogP contribution in [-0.4, -0.2) is 17.0 Å². The van der Waals surface area contributed by atoms with E-state index in [1.54, 1.807) is 36.1 Å². The first-order chi connectivity index (χ1) is 13.5. The molecule has 1 unspecified atom stereocenters. The summed E-state index contributed by atoms with van der Waals surface area (Å²) in [4.78, 5) is 25.9. The minimum absolute atomic E-state index is 0.0511. The number of fused-ring (bicyclic) bond motifs is 1. The Morgan fingerprint density at radius 1 is 1.00 bits per heavy atom. The number of benzene rings is 3. The zero-order chi connectivity index (χ0) is 19.8. The Morgan fingerprint density at radius 2 is 1.64 bits per heavy atom. The molecule has 1 N–H and O–H groups in total. The summed E-state index contributed by atoms with van der Waals surface area (Å²) in [6.45, 7) is 2.12. The fourth-order valence-electron chi connectivity index (χ4n) is 3.53. The van der Waals surface area contributed by atoms with Crippen molar-refractivity contribution in [1.29, 1.82) is 0 Å². The molecule has 0 bridgehead atoms. The molecule has 1 aliphatic heterocycles. The molecular weight excluding hydrogens is 374 g/mol. The van der Waals surface area contributed by atoms with Crippen LogP contribution in [0, 0.1) is 0 Å². The highest BCUT2D eigenvalue weighted by atomic mass is 35.5. The van der Waals surface area contributed by atoms with Gasteiger partial charge in [-0.1, -0.05) is 48.0 Å². The number of hydrogen-bond acceptors (Lipinski definition) is 2. The molecule has 0 spiro atoms. The molecule has 1 atom stereocenters. The molecule has 1 amide bonds. The summed E-state index contributed by atoms with van der Waals surface area (Å²) < 4.78 is 0. The van der Waals surface area contributed by atoms with E-state index in [4.69, 9.17) is 16.7 Å². The maximum Gasteiger partial charge on any atom is 0.310 e. The third-order valence-electron chi connectivity index (χ3n) is 5.20. The molecule has 1 heterocycles. The number of carboxylic acids is 1. The monoisotopic (exact) mass is 391 g/mol. The molecule has 28 heavy (non-hydrogen) atoms. The van der Waals surface area contributed by atoms with Crippen LogP contribution >= 0.6 is 11.6 Å². The number of hydrogen-bond donors (Lipinski definition) is 1. The van der Waals surface area contributed by atoms with E-state index >= 15 is 0 Å². The first kappa shape index (κ1) is 18.3. The Hall–Kier alpha value is -3.11. The maximum atomic E-state index is 13.0. The van der Waals surface area contributed by atoms with Crippen LogP contribution in [0.4, 0.5) is 5.69 Å². The molecule has 5 heteroatoms. The molecule has 4 rings (SSSR count). The molecule has 3 aromatic rings. The normalized spacial score (nSPS) is 14.1. The van der Waals surface area contributed by atoms with Gasteiger partial charge in [0.2, 0.25) is 0 Å². The number of carboxylic acid groups (broad SMARTS) is 1. The molecule has 0 fully saturated rings. The Kier molecular flexibility index (Phi) is 4.65. The molecule has 4 nitrogen and oxygen atoms in total. The van der Waals surface area contributed by atoms with Crippen LogP contribution < -0.4 is 4.90 Å². The second-order valence-electron chi connectivity index (χ2n) is 6.88. The molecule has 140 valence electrons. The topological polar surface area (TPSA) is 57.6 Å². The molecular formula is C23H18ClNO3. The highest BCUT2D eigenvalue weighted by molar-refractivity contribution is 6.30. The van der Waals surface area contributed by atoms with E-state index in [1.165, 1.54) is 0 Å². The van der Waals surface area contributed by atoms with E-state index in [2.05, 4.69) is 0 Å². The van der Waals surface area contributed by atoms with Crippen molar-refractivity contribution >= 4 is 29.2 Å². The first-order valence-corrected chi connectivity index (χ1v) is 9.36. The summed E-state index contributed by atoms with van der Waals surface area (Å²) in [6.07, 6.45) is 0. The van der Waals surface area contributed by atoms with Crippen LogP contribution in [0.25, 0.3) is 11.1 Å². The van der Waals surface area contributed by atoms with Gasteiger partial charge in [-0.05, 0) is 59.5 Å². The van der Waals surface area contributed by atoms with Gasteiger partial charge in [0.25, 0.3) is 5.91 Å². The van der Waals surface area contributed by atoms with Crippen LogP contribution in [0.1, 0.15) is 34.3 Å². The predicted octanol–water partition coefficient (Wildman–Crippen LogP) is 5.36. The van der Waals surface area contributed by atoms with Gasteiger partial charge in [0.05, 0.1) is 12.5 Å². The van der Waals surface area contributed by atoms with E-state index in [1.807, 2.05) is 42.5 Å². The average molecular weight is 392 g/mol. The SMILES string of the molecule is CC(C(=O)O)c1ccc(N2Cc3c(cccc3-c3ccc(Cl)cc3)C2=O)cc1. The van der Waals surface area contributed by atoms with Gasteiger partial charge >= 0.3 is 5.97 Å². The van der Waals surface area contributed by atoms with Crippen molar-refractivity contribution in [2.75, 3.05) is 4.90 Å². The Morgan fingerprint density at radius 3 is 2.29 bits per heavy atom. The van der Waals surface area contributed by atoms with Gasteiger partial charge < -0.3 is 10.0 Å². The van der Waals surface area contributed by atoms with E-state index in [0.29, 0.717) is 22.7 Å². The van der Waals surface area contributed by atoms with Crippen LogP contribution in [0.3, 0.4) is 0 Å². The first-order valence-electron chi connectivity index (χ1n) is 8.98. The van der Waals surface area contributed by atoms with E-state index in [9.17, 15) is 9.59 Å². The summed E-state index contributed by atoms with van der Waals surface area (Å²) in [5.41, 5.74) is 5.17. The minimum atomic E-state index is -0.870. The number of rotatable bonds is 4. The molecule has 3 aromatic carbocycles. The van der Waals surface area contributed by atoms with E-state index in [-0.39, 0.29) is 5.91 Å². The minimum Gasteiger partial charge on any atom is -0.481 e. The Bertz CT molecular complexity index is 1060. The second-order valence-corrected chi connectivity index (χ2v) is 7.32. The second kappa shape index (κ2) is 7.13. The molecule has 0 aromatic heterocycles. The lowest BCUT2D eigenvalue weighted by Gasteiger charge is -2.17. The Labute approximate surface area is 168 Å². The number of aliphatic carboxylic acids is 1. The summed E-state index contributed by atoms with van der Waals surface area (Å²) in [5.74, 6) is -1.51. The molecule has 0 aliphatic carbocycles. The number of nitrogens with zero attached hydrogens (tertiary/aromatic N) is 1. The van der Waals surface area contributed by atoms with Crippen LogP contribution in [0.15, 0.2) is 66.7 Å². The van der Waals surface area contributed by atoms with Crippen LogP contribution in [-0.2, 0) is 11.3 Å². The summed E-state index contributed by atoms with van der Waals surface area (Å²) in [6, 6.07) is 20.5. The number of carbonyl (C=O) groups is 2. The zero-order valence-electron chi connectivity index (χ0n) is 15.2. The van der Waals surface area contributed by atoms with Crippen molar-refractivity contribution in [2.24, 2.45) is 0 Å². The number of anilines is 1. The zero-order valence-corrected chi connectivity index (χ0v) is 16.0. The van der Waals surface area contributed by atoms with Crippen molar-refractivity contribution in [3.05, 3.63) is 88.4 Å². The maximum absolute atomic E-state index is 13.0. The van der Waals surface area contributed by atoms with E-state index < -0.39 is 11.9 Å². The Balaban J connectivity index is 1.67. The van der Waals surface area contributed by atoms with Crippen molar-refractivity contribution in [1.82, 2.24) is 0 Å². The lowest BCUT2D eigenvalue weighted by molar-refractivity contribution is -0.138. The van der Waals surface area contributed by atoms with Gasteiger partial charge in [-0.25, -0.2) is 0 Å². The van der Waals surface area contributed by atoms with Crippen molar-refractivity contribution in [3.8, 4) is 11.1 Å². The van der Waals surface area contributed by atoms with E-state index in [0.717, 1.165) is 22.4 Å². The molecule has 0 radical (unpaired) electrons. The van der Waals surface area contributed by atoms with Gasteiger partial charge in [0, 0.05) is 16.3 Å². The highest BCUT2D eigenvalue weighted by Gasteiger charge is 2.30. The van der Waals surface area contributed by atoms with Crippen LogP contribution in [0.2, 0.25) is 5.02 Å². The largest absolute Gasteiger partial charge is 0.481 e. The van der Waals surface area contributed by atoms with Gasteiger partial charge in [-0.2, -0.15) is 0 Å². The van der Waals surface area contributed by atoms with Crippen molar-refractivity contribution in [2.45, 2.75) is 19.4 Å². The standard InChI is InChI=1S/C23H18ClNO3/c1-14(23(27)28)15-7-11-18(12-8-15)25-13-21-19(3-2-4-20(21)22(25)26)16-5-9-17(24)10-6-16/h2-12,14H,13H2,1H3,(H,27,28). The van der Waals surface area contributed by atoms with Gasteiger partial charge in [-0.3, -0.25) is 9.59 Å². The summed E-state index contributed by atoms with van der Waals surface area (Å²) in [7, 11) is 0. The lowest BCUT2D eigenvalue weighted by Crippen LogP contribution is -2.23. The quantitative estimate of drug-likeness (QED) is 0.651. The van der Waals surface area contributed by atoms with Gasteiger partial charge in [-0.15, -0.1) is 0 Å².